The number of esters is 1. The third-order valence-corrected chi connectivity index (χ3v) is 5.36. The highest BCUT2D eigenvalue weighted by atomic mass is 32.2. The lowest BCUT2D eigenvalue weighted by atomic mass is 10.2. The molecule has 2 N–H and O–H groups in total. The van der Waals surface area contributed by atoms with E-state index in [1.165, 1.54) is 6.20 Å². The van der Waals surface area contributed by atoms with Crippen molar-refractivity contribution >= 4 is 21.9 Å². The number of hydrogen-bond acceptors (Lipinski definition) is 7. The van der Waals surface area contributed by atoms with Crippen LogP contribution in [-0.2, 0) is 31.4 Å². The SMILES string of the molecule is Cc1cccc(OCCNC(=O)COC(=O)CCNS(=O)(=O)c2cn(C)c(C)n2)c1. The molecule has 0 atom stereocenters. The molecule has 30 heavy (non-hydrogen) atoms. The average molecular weight is 439 g/mol. The summed E-state index contributed by atoms with van der Waals surface area (Å²) >= 11 is 0. The van der Waals surface area contributed by atoms with Crippen molar-refractivity contribution in [2.45, 2.75) is 25.3 Å². The number of nitrogens with one attached hydrogen (secondary N) is 2. The van der Waals surface area contributed by atoms with E-state index in [1.807, 2.05) is 31.2 Å². The Labute approximate surface area is 175 Å². The number of nitrogens with zero attached hydrogens (tertiary/aromatic N) is 2. The second-order valence-corrected chi connectivity index (χ2v) is 8.27. The Morgan fingerprint density at radius 2 is 1.97 bits per heavy atom. The zero-order valence-corrected chi connectivity index (χ0v) is 18.0. The van der Waals surface area contributed by atoms with E-state index in [1.54, 1.807) is 18.5 Å². The van der Waals surface area contributed by atoms with Crippen molar-refractivity contribution in [2.75, 3.05) is 26.3 Å². The van der Waals surface area contributed by atoms with Gasteiger partial charge in [-0.05, 0) is 31.5 Å². The van der Waals surface area contributed by atoms with E-state index in [-0.39, 0.29) is 31.1 Å². The van der Waals surface area contributed by atoms with Gasteiger partial charge < -0.3 is 19.4 Å². The first-order valence-electron chi connectivity index (χ1n) is 9.29. The Balaban J connectivity index is 1.60. The van der Waals surface area contributed by atoms with Gasteiger partial charge >= 0.3 is 5.97 Å². The van der Waals surface area contributed by atoms with Gasteiger partial charge in [-0.15, -0.1) is 0 Å². The number of hydrogen-bond donors (Lipinski definition) is 2. The van der Waals surface area contributed by atoms with Crippen molar-refractivity contribution in [1.82, 2.24) is 19.6 Å². The van der Waals surface area contributed by atoms with Crippen LogP contribution < -0.4 is 14.8 Å². The number of sulfonamides is 1. The van der Waals surface area contributed by atoms with Crippen LogP contribution in [0.15, 0.2) is 35.5 Å². The first kappa shape index (κ1) is 23.4. The summed E-state index contributed by atoms with van der Waals surface area (Å²) in [5, 5.41) is 2.45. The van der Waals surface area contributed by atoms with E-state index in [2.05, 4.69) is 15.0 Å². The minimum absolute atomic E-state index is 0.122. The van der Waals surface area contributed by atoms with Crippen LogP contribution in [0.3, 0.4) is 0 Å². The van der Waals surface area contributed by atoms with E-state index < -0.39 is 28.5 Å². The molecular weight excluding hydrogens is 412 g/mol. The molecule has 0 bridgehead atoms. The van der Waals surface area contributed by atoms with Crippen LogP contribution in [0.5, 0.6) is 5.75 Å². The van der Waals surface area contributed by atoms with Gasteiger partial charge in [0, 0.05) is 19.8 Å². The van der Waals surface area contributed by atoms with Crippen LogP contribution in [0.2, 0.25) is 0 Å². The van der Waals surface area contributed by atoms with Gasteiger partial charge in [0.1, 0.15) is 18.2 Å². The minimum atomic E-state index is -3.81. The van der Waals surface area contributed by atoms with Crippen LogP contribution in [0.4, 0.5) is 0 Å². The summed E-state index contributed by atoms with van der Waals surface area (Å²) in [5.41, 5.74) is 1.07. The predicted octanol–water partition coefficient (Wildman–Crippen LogP) is 0.444. The maximum absolute atomic E-state index is 12.1. The lowest BCUT2D eigenvalue weighted by Crippen LogP contribution is -2.32. The number of rotatable bonds is 11. The molecule has 11 heteroatoms. The van der Waals surface area contributed by atoms with Gasteiger partial charge in [0.15, 0.2) is 11.6 Å². The average Bonchev–Trinajstić information content (AvgIpc) is 3.03. The predicted molar refractivity (Wildman–Crippen MR) is 108 cm³/mol. The summed E-state index contributed by atoms with van der Waals surface area (Å²) in [7, 11) is -2.13. The highest BCUT2D eigenvalue weighted by Crippen LogP contribution is 2.11. The summed E-state index contributed by atoms with van der Waals surface area (Å²) in [6, 6.07) is 7.53. The fraction of sp³-hybridized carbons (Fsp3) is 0.421. The van der Waals surface area contributed by atoms with E-state index in [4.69, 9.17) is 9.47 Å². The molecule has 0 spiro atoms. The van der Waals surface area contributed by atoms with Gasteiger partial charge in [0.05, 0.1) is 13.0 Å². The maximum Gasteiger partial charge on any atom is 0.307 e. The topological polar surface area (TPSA) is 129 Å². The molecule has 0 aliphatic carbocycles. The fourth-order valence-electron chi connectivity index (χ4n) is 2.35. The van der Waals surface area contributed by atoms with Crippen LogP contribution in [0.1, 0.15) is 17.8 Å². The van der Waals surface area contributed by atoms with Gasteiger partial charge in [0.25, 0.3) is 15.9 Å². The normalized spacial score (nSPS) is 11.2. The molecule has 0 aliphatic rings. The maximum atomic E-state index is 12.1. The molecule has 2 aromatic rings. The summed E-state index contributed by atoms with van der Waals surface area (Å²) in [6.07, 6.45) is 1.16. The number of ether oxygens (including phenoxy) is 2. The Morgan fingerprint density at radius 1 is 1.20 bits per heavy atom. The molecule has 0 unspecified atom stereocenters. The zero-order chi connectivity index (χ0) is 22.1. The van der Waals surface area contributed by atoms with Gasteiger partial charge in [0.2, 0.25) is 0 Å². The van der Waals surface area contributed by atoms with Crippen molar-refractivity contribution in [1.29, 1.82) is 0 Å². The van der Waals surface area contributed by atoms with Crippen LogP contribution in [0, 0.1) is 13.8 Å². The number of benzene rings is 1. The van der Waals surface area contributed by atoms with E-state index in [0.29, 0.717) is 11.6 Å². The molecule has 1 amide bonds. The molecule has 10 nitrogen and oxygen atoms in total. The molecule has 1 heterocycles. The van der Waals surface area contributed by atoms with Crippen molar-refractivity contribution < 1.29 is 27.5 Å². The molecule has 0 saturated carbocycles. The molecule has 1 aromatic heterocycles. The molecule has 1 aromatic carbocycles. The molecule has 164 valence electrons. The summed E-state index contributed by atoms with van der Waals surface area (Å²) in [4.78, 5) is 27.3. The van der Waals surface area contributed by atoms with Crippen molar-refractivity contribution in [3.05, 3.63) is 41.9 Å². The van der Waals surface area contributed by atoms with Gasteiger partial charge in [-0.25, -0.2) is 18.1 Å². The highest BCUT2D eigenvalue weighted by Gasteiger charge is 2.18. The highest BCUT2D eigenvalue weighted by molar-refractivity contribution is 7.89. The summed E-state index contributed by atoms with van der Waals surface area (Å²) in [6.45, 7) is 3.55. The quantitative estimate of drug-likeness (QED) is 0.385. The number of aromatic nitrogens is 2. The van der Waals surface area contributed by atoms with Gasteiger partial charge in [-0.2, -0.15) is 0 Å². The fourth-order valence-corrected chi connectivity index (χ4v) is 3.42. The van der Waals surface area contributed by atoms with E-state index in [9.17, 15) is 18.0 Å². The van der Waals surface area contributed by atoms with Gasteiger partial charge in [-0.1, -0.05) is 12.1 Å². The molecule has 2 rings (SSSR count). The molecule has 0 radical (unpaired) electrons. The summed E-state index contributed by atoms with van der Waals surface area (Å²) in [5.74, 6) is 0.0888. The Hall–Kier alpha value is -2.92. The van der Waals surface area contributed by atoms with Crippen LogP contribution in [0.25, 0.3) is 0 Å². The Morgan fingerprint density at radius 3 is 2.63 bits per heavy atom. The first-order valence-corrected chi connectivity index (χ1v) is 10.8. The largest absolute Gasteiger partial charge is 0.492 e. The Kier molecular flexibility index (Phi) is 8.36. The number of amides is 1. The molecule has 0 fully saturated rings. The zero-order valence-electron chi connectivity index (χ0n) is 17.2. The standard InChI is InChI=1S/C19H26N4O6S/c1-14-5-4-6-16(11-14)28-10-9-20-17(24)13-29-19(25)7-8-21-30(26,27)18-12-23(3)15(2)22-18/h4-6,11-12,21H,7-10,13H2,1-3H3,(H,20,24). The van der Waals surface area contributed by atoms with Crippen LogP contribution in [-0.4, -0.2) is 56.1 Å². The lowest BCUT2D eigenvalue weighted by molar-refractivity contribution is -0.148. The third-order valence-electron chi connectivity index (χ3n) is 4.03. The van der Waals surface area contributed by atoms with Gasteiger partial charge in [-0.3, -0.25) is 9.59 Å². The summed E-state index contributed by atoms with van der Waals surface area (Å²) < 4.78 is 38.4. The smallest absolute Gasteiger partial charge is 0.307 e. The third kappa shape index (κ3) is 7.48. The molecular formula is C19H26N4O6S. The van der Waals surface area contributed by atoms with Crippen molar-refractivity contribution in [3.8, 4) is 5.75 Å². The van der Waals surface area contributed by atoms with Crippen molar-refractivity contribution in [3.63, 3.8) is 0 Å². The minimum Gasteiger partial charge on any atom is -0.492 e. The van der Waals surface area contributed by atoms with Crippen molar-refractivity contribution in [2.24, 2.45) is 7.05 Å². The second-order valence-electron chi connectivity index (χ2n) is 6.56. The van der Waals surface area contributed by atoms with Crippen LogP contribution >= 0.6 is 0 Å². The van der Waals surface area contributed by atoms with E-state index in [0.717, 1.165) is 5.56 Å². The molecule has 0 aliphatic heterocycles. The number of carbonyl (C=O) groups is 2. The number of carbonyl (C=O) groups excluding carboxylic acids is 2. The number of aryl methyl sites for hydroxylation is 3. The number of imidazole rings is 1. The van der Waals surface area contributed by atoms with E-state index >= 15 is 0 Å². The Bertz CT molecular complexity index is 967. The lowest BCUT2D eigenvalue weighted by Gasteiger charge is -2.09. The molecule has 0 saturated heterocycles. The second kappa shape index (κ2) is 10.7. The first-order chi connectivity index (χ1) is 14.2. The monoisotopic (exact) mass is 438 g/mol.